The first-order valence-corrected chi connectivity index (χ1v) is 12.0. The molecule has 2 aliphatic carbocycles. The maximum atomic E-state index is 12.5. The van der Waals surface area contributed by atoms with E-state index < -0.39 is 17.8 Å². The third kappa shape index (κ3) is 4.44. The molecule has 1 amide bonds. The van der Waals surface area contributed by atoms with Crippen molar-refractivity contribution in [2.75, 3.05) is 19.0 Å². The molecule has 2 aromatic heterocycles. The minimum absolute atomic E-state index is 0.384. The van der Waals surface area contributed by atoms with Gasteiger partial charge in [0.25, 0.3) is 5.91 Å². The number of carbonyl (C=O) groups excluding carboxylic acids is 3. The molecule has 0 atom stereocenters. The van der Waals surface area contributed by atoms with Crippen LogP contribution in [0.3, 0.4) is 0 Å². The van der Waals surface area contributed by atoms with Gasteiger partial charge in [0.1, 0.15) is 9.88 Å². The largest absolute Gasteiger partial charge is 0.465 e. The van der Waals surface area contributed by atoms with Gasteiger partial charge in [0.15, 0.2) is 6.61 Å². The van der Waals surface area contributed by atoms with Crippen molar-refractivity contribution in [2.45, 2.75) is 57.8 Å². The van der Waals surface area contributed by atoms with E-state index in [2.05, 4.69) is 5.32 Å². The molecule has 0 aromatic carbocycles. The molecule has 0 bridgehead atoms. The van der Waals surface area contributed by atoms with Crippen molar-refractivity contribution >= 4 is 45.5 Å². The zero-order valence-corrected chi connectivity index (χ0v) is 18.6. The number of anilines is 1. The molecule has 2 heterocycles. The Kier molecular flexibility index (Phi) is 6.53. The van der Waals surface area contributed by atoms with Crippen LogP contribution in [0.2, 0.25) is 0 Å². The van der Waals surface area contributed by atoms with Crippen LogP contribution in [0.4, 0.5) is 5.00 Å². The first-order chi connectivity index (χ1) is 14.6. The summed E-state index contributed by atoms with van der Waals surface area (Å²) >= 11 is 2.89. The van der Waals surface area contributed by atoms with Gasteiger partial charge in [-0.25, -0.2) is 9.59 Å². The number of aryl methyl sites for hydroxylation is 3. The number of esters is 2. The van der Waals surface area contributed by atoms with Gasteiger partial charge in [-0.1, -0.05) is 6.42 Å². The van der Waals surface area contributed by atoms with Crippen LogP contribution in [-0.4, -0.2) is 31.6 Å². The average Bonchev–Trinajstić information content (AvgIpc) is 3.25. The summed E-state index contributed by atoms with van der Waals surface area (Å²) in [5.74, 6) is -1.36. The highest BCUT2D eigenvalue weighted by atomic mass is 32.1. The van der Waals surface area contributed by atoms with Crippen LogP contribution < -0.4 is 5.32 Å². The van der Waals surface area contributed by atoms with Gasteiger partial charge in [-0.15, -0.1) is 22.7 Å². The quantitative estimate of drug-likeness (QED) is 0.538. The number of nitrogens with one attached hydrogen (secondary N) is 1. The van der Waals surface area contributed by atoms with Crippen molar-refractivity contribution in [1.82, 2.24) is 0 Å². The van der Waals surface area contributed by atoms with E-state index in [1.54, 1.807) is 0 Å². The number of fused-ring (bicyclic) bond motifs is 2. The van der Waals surface area contributed by atoms with Gasteiger partial charge in [-0.3, -0.25) is 4.79 Å². The summed E-state index contributed by atoms with van der Waals surface area (Å²) in [6, 6.07) is 1.89. The van der Waals surface area contributed by atoms with Crippen LogP contribution in [-0.2, 0) is 40.0 Å². The van der Waals surface area contributed by atoms with Gasteiger partial charge in [0.2, 0.25) is 0 Å². The molecular weight excluding hydrogens is 422 g/mol. The highest BCUT2D eigenvalue weighted by molar-refractivity contribution is 7.17. The number of methoxy groups -OCH3 is 1. The van der Waals surface area contributed by atoms with E-state index in [0.717, 1.165) is 68.2 Å². The summed E-state index contributed by atoms with van der Waals surface area (Å²) in [6.45, 7) is -0.384. The minimum atomic E-state index is -0.472. The molecule has 30 heavy (non-hydrogen) atoms. The smallest absolute Gasteiger partial charge is 0.348 e. The highest BCUT2D eigenvalue weighted by Gasteiger charge is 2.26. The second-order valence-corrected chi connectivity index (χ2v) is 9.89. The number of ether oxygens (including phenoxy) is 2. The minimum Gasteiger partial charge on any atom is -0.465 e. The summed E-state index contributed by atoms with van der Waals surface area (Å²) in [6.07, 6.45) is 9.24. The van der Waals surface area contributed by atoms with Gasteiger partial charge in [-0.05, 0) is 68.6 Å². The molecule has 0 spiro atoms. The topological polar surface area (TPSA) is 81.7 Å². The lowest BCUT2D eigenvalue weighted by atomic mass is 9.99. The Morgan fingerprint density at radius 2 is 1.67 bits per heavy atom. The molecule has 8 heteroatoms. The lowest BCUT2D eigenvalue weighted by molar-refractivity contribution is -0.119. The first-order valence-electron chi connectivity index (χ1n) is 10.4. The molecule has 2 aromatic rings. The van der Waals surface area contributed by atoms with Gasteiger partial charge in [-0.2, -0.15) is 0 Å². The van der Waals surface area contributed by atoms with Crippen molar-refractivity contribution in [2.24, 2.45) is 0 Å². The average molecular weight is 448 g/mol. The Bertz CT molecular complexity index is 951. The third-order valence-corrected chi connectivity index (χ3v) is 8.02. The predicted octanol–water partition coefficient (Wildman–Crippen LogP) is 4.54. The van der Waals surface area contributed by atoms with E-state index in [1.807, 2.05) is 6.07 Å². The Morgan fingerprint density at radius 1 is 0.933 bits per heavy atom. The fourth-order valence-corrected chi connectivity index (χ4v) is 6.55. The third-order valence-electron chi connectivity index (χ3n) is 5.60. The van der Waals surface area contributed by atoms with Crippen molar-refractivity contribution in [3.05, 3.63) is 37.4 Å². The molecule has 0 saturated carbocycles. The number of hydrogen-bond acceptors (Lipinski definition) is 7. The normalized spacial score (nSPS) is 15.5. The van der Waals surface area contributed by atoms with E-state index in [0.29, 0.717) is 15.4 Å². The Hall–Kier alpha value is -2.19. The molecule has 0 radical (unpaired) electrons. The van der Waals surface area contributed by atoms with Crippen LogP contribution in [0, 0.1) is 0 Å². The Labute approximate surface area is 183 Å². The fraction of sp³-hybridized carbons (Fsp3) is 0.500. The molecule has 160 valence electrons. The van der Waals surface area contributed by atoms with E-state index in [9.17, 15) is 14.4 Å². The van der Waals surface area contributed by atoms with Gasteiger partial charge < -0.3 is 14.8 Å². The van der Waals surface area contributed by atoms with Crippen LogP contribution >= 0.6 is 22.7 Å². The monoisotopic (exact) mass is 447 g/mol. The molecule has 0 saturated heterocycles. The van der Waals surface area contributed by atoms with Crippen LogP contribution in [0.25, 0.3) is 0 Å². The lowest BCUT2D eigenvalue weighted by Gasteiger charge is -2.08. The van der Waals surface area contributed by atoms with Gasteiger partial charge >= 0.3 is 11.9 Å². The zero-order valence-electron chi connectivity index (χ0n) is 17.0. The second kappa shape index (κ2) is 9.31. The zero-order chi connectivity index (χ0) is 21.1. The maximum Gasteiger partial charge on any atom is 0.348 e. The standard InChI is InChI=1S/C22H25NO5S2/c1-27-22(26)19-14-8-3-2-4-10-16(14)30-20(19)23-18(24)12-28-21(25)17-11-13-7-5-6-9-15(13)29-17/h11H,2-10,12H2,1H3,(H,23,24). The summed E-state index contributed by atoms with van der Waals surface area (Å²) < 4.78 is 10.2. The summed E-state index contributed by atoms with van der Waals surface area (Å²) in [5, 5.41) is 3.25. The van der Waals surface area contributed by atoms with Crippen molar-refractivity contribution in [1.29, 1.82) is 0 Å². The van der Waals surface area contributed by atoms with Gasteiger partial charge in [0.05, 0.1) is 12.7 Å². The number of amides is 1. The van der Waals surface area contributed by atoms with E-state index >= 15 is 0 Å². The molecular formula is C22H25NO5S2. The van der Waals surface area contributed by atoms with E-state index in [-0.39, 0.29) is 6.61 Å². The van der Waals surface area contributed by atoms with Crippen molar-refractivity contribution < 1.29 is 23.9 Å². The van der Waals surface area contributed by atoms with Crippen molar-refractivity contribution in [3.63, 3.8) is 0 Å². The molecule has 6 nitrogen and oxygen atoms in total. The van der Waals surface area contributed by atoms with Crippen LogP contribution in [0.1, 0.15) is 73.0 Å². The molecule has 2 aliphatic rings. The molecule has 0 aliphatic heterocycles. The van der Waals surface area contributed by atoms with Crippen LogP contribution in [0.5, 0.6) is 0 Å². The summed E-state index contributed by atoms with van der Waals surface area (Å²) in [4.78, 5) is 40.1. The molecule has 1 N–H and O–H groups in total. The summed E-state index contributed by atoms with van der Waals surface area (Å²) in [5.41, 5.74) is 2.66. The molecule has 0 unspecified atom stereocenters. The first kappa shape index (κ1) is 21.1. The number of thiophene rings is 2. The fourth-order valence-electron chi connectivity index (χ4n) is 4.10. The summed E-state index contributed by atoms with van der Waals surface area (Å²) in [7, 11) is 1.34. The molecule has 0 fully saturated rings. The predicted molar refractivity (Wildman–Crippen MR) is 117 cm³/mol. The second-order valence-electron chi connectivity index (χ2n) is 7.65. The Morgan fingerprint density at radius 3 is 2.47 bits per heavy atom. The highest BCUT2D eigenvalue weighted by Crippen LogP contribution is 2.38. The van der Waals surface area contributed by atoms with E-state index in [4.69, 9.17) is 9.47 Å². The lowest BCUT2D eigenvalue weighted by Crippen LogP contribution is -2.21. The van der Waals surface area contributed by atoms with E-state index in [1.165, 1.54) is 40.2 Å². The Balaban J connectivity index is 1.42. The molecule has 4 rings (SSSR count). The number of rotatable bonds is 5. The maximum absolute atomic E-state index is 12.5. The number of carbonyl (C=O) groups is 3. The van der Waals surface area contributed by atoms with Gasteiger partial charge in [0, 0.05) is 9.75 Å². The number of hydrogen-bond donors (Lipinski definition) is 1. The SMILES string of the molecule is COC(=O)c1c(NC(=O)COC(=O)c2cc3c(s2)CCCC3)sc2c1CCCCC2. The van der Waals surface area contributed by atoms with Crippen molar-refractivity contribution in [3.8, 4) is 0 Å². The van der Waals surface area contributed by atoms with Crippen LogP contribution in [0.15, 0.2) is 6.07 Å².